The number of anilines is 1. The minimum atomic E-state index is 0.961. The molecule has 1 nitrogen and oxygen atoms in total. The molecule has 0 atom stereocenters. The smallest absolute Gasteiger partial charge is 0.0361 e. The van der Waals surface area contributed by atoms with E-state index in [1.807, 2.05) is 0 Å². The summed E-state index contributed by atoms with van der Waals surface area (Å²) in [7, 11) is 4.15. The Labute approximate surface area is 142 Å². The van der Waals surface area contributed by atoms with Crippen molar-refractivity contribution in [3.63, 3.8) is 0 Å². The van der Waals surface area contributed by atoms with Crippen molar-refractivity contribution in [2.75, 3.05) is 19.0 Å². The monoisotopic (exact) mass is 309 g/mol. The predicted octanol–water partition coefficient (Wildman–Crippen LogP) is 6.10. The van der Waals surface area contributed by atoms with E-state index in [4.69, 9.17) is 0 Å². The quantitative estimate of drug-likeness (QED) is 0.550. The number of rotatable bonds is 7. The summed E-state index contributed by atoms with van der Waals surface area (Å²) in [4.78, 5) is 2.13. The largest absolute Gasteiger partial charge is 0.378 e. The number of hydrogen-bond donors (Lipinski definition) is 0. The van der Waals surface area contributed by atoms with E-state index in [9.17, 15) is 0 Å². The van der Waals surface area contributed by atoms with Crippen LogP contribution >= 0.6 is 0 Å². The SMILES string of the molecule is C\C=C/C=C(C(=C\C)/Cc1ccc(N(C)C)cc1)\C(C)=C\CC. The highest BCUT2D eigenvalue weighted by atomic mass is 15.1. The van der Waals surface area contributed by atoms with E-state index >= 15 is 0 Å². The van der Waals surface area contributed by atoms with Gasteiger partial charge in [0.15, 0.2) is 0 Å². The molecule has 0 amide bonds. The van der Waals surface area contributed by atoms with Gasteiger partial charge in [-0.15, -0.1) is 0 Å². The second-order valence-electron chi connectivity index (χ2n) is 5.95. The van der Waals surface area contributed by atoms with Crippen molar-refractivity contribution in [1.29, 1.82) is 0 Å². The second kappa shape index (κ2) is 9.89. The second-order valence-corrected chi connectivity index (χ2v) is 5.95. The fourth-order valence-corrected chi connectivity index (χ4v) is 2.58. The van der Waals surface area contributed by atoms with Gasteiger partial charge in [-0.25, -0.2) is 0 Å². The normalized spacial score (nSPS) is 13.7. The average Bonchev–Trinajstić information content (AvgIpc) is 2.54. The zero-order valence-electron chi connectivity index (χ0n) is 15.6. The average molecular weight is 309 g/mol. The van der Waals surface area contributed by atoms with E-state index in [0.717, 1.165) is 12.8 Å². The first kappa shape index (κ1) is 19.0. The molecule has 0 fully saturated rings. The van der Waals surface area contributed by atoms with E-state index in [-0.39, 0.29) is 0 Å². The van der Waals surface area contributed by atoms with Gasteiger partial charge in [0.2, 0.25) is 0 Å². The summed E-state index contributed by atoms with van der Waals surface area (Å²) < 4.78 is 0. The predicted molar refractivity (Wildman–Crippen MR) is 105 cm³/mol. The van der Waals surface area contributed by atoms with Crippen LogP contribution in [0.5, 0.6) is 0 Å². The van der Waals surface area contributed by atoms with Gasteiger partial charge in [0.05, 0.1) is 0 Å². The lowest BCUT2D eigenvalue weighted by Gasteiger charge is -2.15. The van der Waals surface area contributed by atoms with Crippen molar-refractivity contribution in [3.05, 3.63) is 76.9 Å². The minimum Gasteiger partial charge on any atom is -0.378 e. The van der Waals surface area contributed by atoms with E-state index in [0.29, 0.717) is 0 Å². The van der Waals surface area contributed by atoms with Gasteiger partial charge in [-0.05, 0) is 68.0 Å². The molecule has 124 valence electrons. The lowest BCUT2D eigenvalue weighted by Crippen LogP contribution is -2.08. The first-order valence-corrected chi connectivity index (χ1v) is 8.45. The summed E-state index contributed by atoms with van der Waals surface area (Å²) in [6.07, 6.45) is 13.0. The minimum absolute atomic E-state index is 0.961. The zero-order valence-corrected chi connectivity index (χ0v) is 15.6. The molecule has 0 spiro atoms. The fourth-order valence-electron chi connectivity index (χ4n) is 2.58. The molecule has 0 aliphatic rings. The molecule has 0 radical (unpaired) electrons. The Hall–Kier alpha value is -2.02. The highest BCUT2D eigenvalue weighted by Gasteiger charge is 2.07. The van der Waals surface area contributed by atoms with Gasteiger partial charge in [-0.2, -0.15) is 0 Å². The zero-order chi connectivity index (χ0) is 17.2. The molecule has 0 N–H and O–H groups in total. The summed E-state index contributed by atoms with van der Waals surface area (Å²) in [5, 5.41) is 0. The summed E-state index contributed by atoms with van der Waals surface area (Å²) in [5.74, 6) is 0. The van der Waals surface area contributed by atoms with Crippen molar-refractivity contribution in [3.8, 4) is 0 Å². The standard InChI is InChI=1S/C22H31N/c1-7-10-12-22(18(4)11-8-2)20(9-3)17-19-13-15-21(16-14-19)23(5)6/h7,9-16H,8,17H2,1-6H3/b10-7-,18-11+,20-9-,22-12+. The molecule has 0 aliphatic carbocycles. The number of hydrogen-bond acceptors (Lipinski definition) is 1. The topological polar surface area (TPSA) is 3.24 Å². The fraction of sp³-hybridized carbons (Fsp3) is 0.364. The van der Waals surface area contributed by atoms with Gasteiger partial charge >= 0.3 is 0 Å². The summed E-state index contributed by atoms with van der Waals surface area (Å²) in [5.41, 5.74) is 6.65. The molecule has 0 saturated carbocycles. The molecule has 23 heavy (non-hydrogen) atoms. The summed E-state index contributed by atoms with van der Waals surface area (Å²) in [6, 6.07) is 8.83. The van der Waals surface area contributed by atoms with E-state index in [2.05, 4.69) is 101 Å². The van der Waals surface area contributed by atoms with Gasteiger partial charge in [0.25, 0.3) is 0 Å². The summed E-state index contributed by atoms with van der Waals surface area (Å²) in [6.45, 7) is 8.58. The molecule has 1 aromatic rings. The third-order valence-electron chi connectivity index (χ3n) is 3.93. The van der Waals surface area contributed by atoms with Crippen molar-refractivity contribution < 1.29 is 0 Å². The van der Waals surface area contributed by atoms with Crippen molar-refractivity contribution >= 4 is 5.69 Å². The van der Waals surface area contributed by atoms with Crippen LogP contribution in [0.4, 0.5) is 5.69 Å². The Bertz CT molecular complexity index is 595. The Balaban J connectivity index is 3.07. The molecule has 0 heterocycles. The van der Waals surface area contributed by atoms with Crippen LogP contribution < -0.4 is 4.90 Å². The molecule has 0 bridgehead atoms. The van der Waals surface area contributed by atoms with Gasteiger partial charge in [0, 0.05) is 19.8 Å². The lowest BCUT2D eigenvalue weighted by atomic mass is 9.92. The Morgan fingerprint density at radius 3 is 2.22 bits per heavy atom. The van der Waals surface area contributed by atoms with Gasteiger partial charge in [0.1, 0.15) is 0 Å². The Morgan fingerprint density at radius 1 is 1.09 bits per heavy atom. The van der Waals surface area contributed by atoms with E-state index in [1.54, 1.807) is 0 Å². The maximum atomic E-state index is 2.30. The number of benzene rings is 1. The van der Waals surface area contributed by atoms with Crippen LogP contribution in [-0.2, 0) is 6.42 Å². The molecule has 0 aromatic heterocycles. The van der Waals surface area contributed by atoms with Crippen LogP contribution in [0, 0.1) is 0 Å². The highest BCUT2D eigenvalue weighted by Crippen LogP contribution is 2.24. The van der Waals surface area contributed by atoms with E-state index in [1.165, 1.54) is 28.0 Å². The molecule has 0 aliphatic heterocycles. The number of allylic oxidation sites excluding steroid dienone is 8. The molecule has 1 aromatic carbocycles. The highest BCUT2D eigenvalue weighted by molar-refractivity contribution is 5.51. The molecule has 0 unspecified atom stereocenters. The lowest BCUT2D eigenvalue weighted by molar-refractivity contribution is 1.10. The van der Waals surface area contributed by atoms with Crippen LogP contribution in [0.3, 0.4) is 0 Å². The first-order valence-electron chi connectivity index (χ1n) is 8.45. The van der Waals surface area contributed by atoms with Crippen molar-refractivity contribution in [2.45, 2.75) is 40.5 Å². The summed E-state index contributed by atoms with van der Waals surface area (Å²) >= 11 is 0. The molecular formula is C22H31N. The van der Waals surface area contributed by atoms with Crippen molar-refractivity contribution in [2.24, 2.45) is 0 Å². The Morgan fingerprint density at radius 2 is 1.74 bits per heavy atom. The van der Waals surface area contributed by atoms with Crippen LogP contribution in [0.1, 0.15) is 39.7 Å². The van der Waals surface area contributed by atoms with Crippen LogP contribution in [0.25, 0.3) is 0 Å². The third-order valence-corrected chi connectivity index (χ3v) is 3.93. The van der Waals surface area contributed by atoms with Gasteiger partial charge in [-0.1, -0.05) is 49.4 Å². The molecule has 1 rings (SSSR count). The maximum absolute atomic E-state index is 2.30. The van der Waals surface area contributed by atoms with Crippen molar-refractivity contribution in [1.82, 2.24) is 0 Å². The molecule has 1 heteroatoms. The Kier molecular flexibility index (Phi) is 8.18. The van der Waals surface area contributed by atoms with Gasteiger partial charge in [-0.3, -0.25) is 0 Å². The number of nitrogens with zero attached hydrogens (tertiary/aromatic N) is 1. The molecule has 0 saturated heterocycles. The van der Waals surface area contributed by atoms with Crippen LogP contribution in [0.2, 0.25) is 0 Å². The van der Waals surface area contributed by atoms with Crippen LogP contribution in [-0.4, -0.2) is 14.1 Å². The first-order chi connectivity index (χ1) is 11.0. The maximum Gasteiger partial charge on any atom is 0.0361 e. The van der Waals surface area contributed by atoms with Crippen LogP contribution in [0.15, 0.2) is 71.4 Å². The van der Waals surface area contributed by atoms with Gasteiger partial charge < -0.3 is 4.90 Å². The van der Waals surface area contributed by atoms with E-state index < -0.39 is 0 Å². The third kappa shape index (κ3) is 5.94. The molecular weight excluding hydrogens is 278 g/mol.